The van der Waals surface area contributed by atoms with Gasteiger partial charge >= 0.3 is 6.18 Å². The maximum absolute atomic E-state index is 12.8. The van der Waals surface area contributed by atoms with E-state index in [4.69, 9.17) is 4.52 Å². The van der Waals surface area contributed by atoms with E-state index in [-0.39, 0.29) is 16.8 Å². The second-order valence-electron chi connectivity index (χ2n) is 9.44. The normalized spacial score (nSPS) is 16.8. The van der Waals surface area contributed by atoms with Crippen LogP contribution in [0.15, 0.2) is 46.3 Å². The summed E-state index contributed by atoms with van der Waals surface area (Å²) in [6, 6.07) is 5.07. The first-order valence-corrected chi connectivity index (χ1v) is 13.8. The number of alkyl halides is 3. The van der Waals surface area contributed by atoms with Crippen molar-refractivity contribution in [2.45, 2.75) is 36.3 Å². The van der Waals surface area contributed by atoms with Crippen LogP contribution in [0.1, 0.15) is 35.6 Å². The molecule has 0 radical (unpaired) electrons. The van der Waals surface area contributed by atoms with Crippen molar-refractivity contribution in [2.75, 3.05) is 35.7 Å². The molecule has 0 N–H and O–H groups in total. The first-order chi connectivity index (χ1) is 18.1. The molecule has 0 aliphatic carbocycles. The Morgan fingerprint density at radius 2 is 1.76 bits per heavy atom. The molecule has 1 saturated heterocycles. The monoisotopic (exact) mass is 545 g/mol. The van der Waals surface area contributed by atoms with Gasteiger partial charge in [0.25, 0.3) is 0 Å². The lowest BCUT2D eigenvalue weighted by Crippen LogP contribution is -2.34. The van der Waals surface area contributed by atoms with E-state index in [1.165, 1.54) is 12.6 Å². The van der Waals surface area contributed by atoms with Crippen molar-refractivity contribution in [3.8, 4) is 0 Å². The predicted molar refractivity (Wildman–Crippen MR) is 131 cm³/mol. The Morgan fingerprint density at radius 1 is 1.03 bits per heavy atom. The van der Waals surface area contributed by atoms with Gasteiger partial charge < -0.3 is 14.3 Å². The first-order valence-electron chi connectivity index (χ1n) is 11.9. The molecule has 0 bridgehead atoms. The Balaban J connectivity index is 1.22. The van der Waals surface area contributed by atoms with Crippen LogP contribution in [0.5, 0.6) is 0 Å². The van der Waals surface area contributed by atoms with Crippen molar-refractivity contribution in [3.05, 3.63) is 53.7 Å². The standard InChI is InChI=1S/C24H22F3N7O3S/c1-38(35,36)17-2-3-18-15(10-17)6-9-34(18)22-21-20(30-13-31-22)19(32-37-21)14-4-7-33(8-5-14)23-28-11-16(12-29-23)24(25,26)27/h2-3,10-14H,4-9H2,1H3. The minimum absolute atomic E-state index is 0.0351. The summed E-state index contributed by atoms with van der Waals surface area (Å²) >= 11 is 0. The van der Waals surface area contributed by atoms with Crippen molar-refractivity contribution < 1.29 is 26.1 Å². The highest BCUT2D eigenvalue weighted by Gasteiger charge is 2.33. The van der Waals surface area contributed by atoms with Gasteiger partial charge in [0.2, 0.25) is 11.5 Å². The summed E-state index contributed by atoms with van der Waals surface area (Å²) in [4.78, 5) is 20.8. The van der Waals surface area contributed by atoms with Gasteiger partial charge in [-0.2, -0.15) is 13.2 Å². The molecule has 0 atom stereocenters. The fourth-order valence-electron chi connectivity index (χ4n) is 5.04. The summed E-state index contributed by atoms with van der Waals surface area (Å²) in [5.41, 5.74) is 2.68. The van der Waals surface area contributed by atoms with Crippen LogP contribution in [0.3, 0.4) is 0 Å². The van der Waals surface area contributed by atoms with Crippen molar-refractivity contribution in [3.63, 3.8) is 0 Å². The number of aromatic nitrogens is 5. The molecule has 1 aromatic carbocycles. The third kappa shape index (κ3) is 4.31. The third-order valence-electron chi connectivity index (χ3n) is 7.02. The maximum Gasteiger partial charge on any atom is 0.419 e. The van der Waals surface area contributed by atoms with Gasteiger partial charge in [-0.3, -0.25) is 0 Å². The first kappa shape index (κ1) is 24.5. The zero-order chi connectivity index (χ0) is 26.7. The van der Waals surface area contributed by atoms with E-state index in [0.717, 1.165) is 23.6 Å². The lowest BCUT2D eigenvalue weighted by molar-refractivity contribution is -0.138. The molecule has 198 valence electrons. The summed E-state index contributed by atoms with van der Waals surface area (Å²) < 4.78 is 68.1. The summed E-state index contributed by atoms with van der Waals surface area (Å²) in [7, 11) is -3.31. The van der Waals surface area contributed by atoms with E-state index in [1.54, 1.807) is 18.2 Å². The Labute approximate surface area is 215 Å². The fraction of sp³-hybridized carbons (Fsp3) is 0.375. The van der Waals surface area contributed by atoms with E-state index in [2.05, 4.69) is 25.1 Å². The number of hydrogen-bond acceptors (Lipinski definition) is 10. The molecule has 1 fully saturated rings. The Hall–Kier alpha value is -3.81. The van der Waals surface area contributed by atoms with Crippen LogP contribution in [0.4, 0.5) is 30.6 Å². The number of rotatable bonds is 4. The highest BCUT2D eigenvalue weighted by Crippen LogP contribution is 2.40. The van der Waals surface area contributed by atoms with Crippen LogP contribution in [0.25, 0.3) is 11.1 Å². The third-order valence-corrected chi connectivity index (χ3v) is 8.13. The van der Waals surface area contributed by atoms with Crippen LogP contribution in [-0.4, -0.2) is 59.4 Å². The molecule has 2 aliphatic rings. The number of halogens is 3. The molecule has 6 rings (SSSR count). The van der Waals surface area contributed by atoms with Gasteiger partial charge in [0.05, 0.1) is 10.5 Å². The second-order valence-corrected chi connectivity index (χ2v) is 11.5. The van der Waals surface area contributed by atoms with Gasteiger partial charge in [-0.15, -0.1) is 0 Å². The minimum Gasteiger partial charge on any atom is -0.350 e. The van der Waals surface area contributed by atoms with Crippen molar-refractivity contribution in [2.24, 2.45) is 0 Å². The molecular formula is C24H22F3N7O3S. The molecule has 10 nitrogen and oxygen atoms in total. The van der Waals surface area contributed by atoms with Gasteiger partial charge in [0.1, 0.15) is 17.5 Å². The van der Waals surface area contributed by atoms with Crippen LogP contribution in [-0.2, 0) is 22.4 Å². The quantitative estimate of drug-likeness (QED) is 0.373. The number of sulfone groups is 1. The topological polar surface area (TPSA) is 118 Å². The van der Waals surface area contributed by atoms with Crippen LogP contribution < -0.4 is 9.80 Å². The number of benzene rings is 1. The molecule has 0 amide bonds. The largest absolute Gasteiger partial charge is 0.419 e. The SMILES string of the molecule is CS(=O)(=O)c1ccc2c(c1)CCN2c1ncnc2c(C3CCN(c4ncc(C(F)(F)F)cn4)CC3)noc12. The second kappa shape index (κ2) is 8.89. The smallest absolute Gasteiger partial charge is 0.350 e. The molecule has 5 heterocycles. The summed E-state index contributed by atoms with van der Waals surface area (Å²) in [6.07, 6.45) is 1.79. The van der Waals surface area contributed by atoms with Crippen LogP contribution in [0, 0.1) is 0 Å². The number of hydrogen-bond donors (Lipinski definition) is 0. The van der Waals surface area contributed by atoms with Crippen molar-refractivity contribution >= 4 is 38.4 Å². The molecule has 4 aromatic rings. The van der Waals surface area contributed by atoms with Crippen LogP contribution in [0.2, 0.25) is 0 Å². The minimum atomic E-state index is -4.48. The van der Waals surface area contributed by atoms with Gasteiger partial charge in [-0.25, -0.2) is 28.4 Å². The van der Waals surface area contributed by atoms with Gasteiger partial charge in [0.15, 0.2) is 15.7 Å². The Kier molecular flexibility index (Phi) is 5.74. The number of anilines is 3. The van der Waals surface area contributed by atoms with E-state index >= 15 is 0 Å². The Bertz CT molecular complexity index is 1620. The average Bonchev–Trinajstić information content (AvgIpc) is 3.52. The van der Waals surface area contributed by atoms with E-state index in [1.807, 2.05) is 9.80 Å². The highest BCUT2D eigenvalue weighted by atomic mass is 32.2. The van der Waals surface area contributed by atoms with Crippen molar-refractivity contribution in [1.82, 2.24) is 25.1 Å². The molecule has 2 aliphatic heterocycles. The molecule has 3 aromatic heterocycles. The molecule has 0 spiro atoms. The van der Waals surface area contributed by atoms with Crippen molar-refractivity contribution in [1.29, 1.82) is 0 Å². The lowest BCUT2D eigenvalue weighted by Gasteiger charge is -2.31. The lowest BCUT2D eigenvalue weighted by atomic mass is 9.93. The molecule has 0 saturated carbocycles. The zero-order valence-electron chi connectivity index (χ0n) is 20.2. The predicted octanol–water partition coefficient (Wildman–Crippen LogP) is 3.91. The molecular weight excluding hydrogens is 523 g/mol. The fourth-order valence-corrected chi connectivity index (χ4v) is 5.71. The highest BCUT2D eigenvalue weighted by molar-refractivity contribution is 7.90. The number of piperidine rings is 1. The van der Waals surface area contributed by atoms with E-state index < -0.39 is 21.6 Å². The summed E-state index contributed by atoms with van der Waals surface area (Å²) in [6.45, 7) is 1.70. The van der Waals surface area contributed by atoms with Crippen LogP contribution >= 0.6 is 0 Å². The average molecular weight is 546 g/mol. The molecule has 14 heteroatoms. The van der Waals surface area contributed by atoms with E-state index in [0.29, 0.717) is 61.5 Å². The number of nitrogens with zero attached hydrogens (tertiary/aromatic N) is 7. The zero-order valence-corrected chi connectivity index (χ0v) is 21.0. The van der Waals surface area contributed by atoms with Gasteiger partial charge in [0, 0.05) is 49.9 Å². The Morgan fingerprint density at radius 3 is 2.45 bits per heavy atom. The van der Waals surface area contributed by atoms with Gasteiger partial charge in [-0.05, 0) is 43.0 Å². The number of fused-ring (bicyclic) bond motifs is 2. The van der Waals surface area contributed by atoms with E-state index in [9.17, 15) is 21.6 Å². The summed E-state index contributed by atoms with van der Waals surface area (Å²) in [5, 5.41) is 4.33. The molecule has 38 heavy (non-hydrogen) atoms. The molecule has 0 unspecified atom stereocenters. The van der Waals surface area contributed by atoms with Gasteiger partial charge in [-0.1, -0.05) is 5.16 Å². The summed E-state index contributed by atoms with van der Waals surface area (Å²) in [5.74, 6) is 0.862. The maximum atomic E-state index is 12.8.